The highest BCUT2D eigenvalue weighted by molar-refractivity contribution is 5.78. The molecule has 62 valence electrons. The molecule has 0 aromatic carbocycles. The number of aromatic amines is 1. The summed E-state index contributed by atoms with van der Waals surface area (Å²) in [6, 6.07) is 0. The summed E-state index contributed by atoms with van der Waals surface area (Å²) in [5, 5.41) is 0. The number of hydrogen-bond donors (Lipinski definition) is 2. The molecule has 0 aliphatic heterocycles. The van der Waals surface area contributed by atoms with Gasteiger partial charge in [0.15, 0.2) is 11.3 Å². The number of aromatic nitrogens is 3. The molecule has 0 bridgehead atoms. The second kappa shape index (κ2) is 2.07. The van der Waals surface area contributed by atoms with E-state index in [0.717, 1.165) is 0 Å². The second-order valence-electron chi connectivity index (χ2n) is 2.35. The quantitative estimate of drug-likeness (QED) is 0.564. The van der Waals surface area contributed by atoms with Gasteiger partial charge in [0.25, 0.3) is 5.71 Å². The third-order valence-electron chi connectivity index (χ3n) is 1.43. The Morgan fingerprint density at radius 1 is 1.50 bits per heavy atom. The van der Waals surface area contributed by atoms with Crippen LogP contribution in [0.25, 0.3) is 11.2 Å². The molecule has 0 fully saturated rings. The minimum Gasteiger partial charge on any atom is -0.388 e. The highest BCUT2D eigenvalue weighted by Gasteiger charge is 2.07. The van der Waals surface area contributed by atoms with Gasteiger partial charge in [-0.05, 0) is 6.92 Å². The zero-order valence-electron chi connectivity index (χ0n) is 6.29. The van der Waals surface area contributed by atoms with E-state index in [1.807, 2.05) is 0 Å². The van der Waals surface area contributed by atoms with Gasteiger partial charge in [-0.15, -0.1) is 0 Å². The second-order valence-corrected chi connectivity index (χ2v) is 2.35. The molecule has 0 saturated carbocycles. The van der Waals surface area contributed by atoms with Crippen LogP contribution in [0.2, 0.25) is 0 Å². The van der Waals surface area contributed by atoms with Crippen molar-refractivity contribution < 1.29 is 4.42 Å². The highest BCUT2D eigenvalue weighted by atomic mass is 16.4. The van der Waals surface area contributed by atoms with Gasteiger partial charge in [0.1, 0.15) is 5.82 Å². The molecule has 0 radical (unpaired) electrons. The number of anilines is 1. The van der Waals surface area contributed by atoms with E-state index in [9.17, 15) is 4.79 Å². The van der Waals surface area contributed by atoms with Crippen LogP contribution >= 0.6 is 0 Å². The number of fused-ring (bicyclic) bond motifs is 1. The van der Waals surface area contributed by atoms with Crippen LogP contribution in [0.15, 0.2) is 9.21 Å². The maximum Gasteiger partial charge on any atom is 0.418 e. The number of aryl methyl sites for hydroxylation is 1. The summed E-state index contributed by atoms with van der Waals surface area (Å²) >= 11 is 0. The number of oxazole rings is 1. The smallest absolute Gasteiger partial charge is 0.388 e. The van der Waals surface area contributed by atoms with E-state index in [2.05, 4.69) is 19.4 Å². The summed E-state index contributed by atoms with van der Waals surface area (Å²) in [7, 11) is 0. The molecule has 12 heavy (non-hydrogen) atoms. The molecule has 0 unspecified atom stereocenters. The van der Waals surface area contributed by atoms with E-state index in [0.29, 0.717) is 11.3 Å². The summed E-state index contributed by atoms with van der Waals surface area (Å²) in [5.74, 6) is 0.128. The molecule has 0 amide bonds. The summed E-state index contributed by atoms with van der Waals surface area (Å²) in [5.41, 5.74) is 6.04. The fraction of sp³-hybridized carbons (Fsp3) is 0.167. The monoisotopic (exact) mass is 166 g/mol. The predicted molar refractivity (Wildman–Crippen MR) is 41.6 cm³/mol. The third kappa shape index (κ3) is 0.849. The highest BCUT2D eigenvalue weighted by Crippen LogP contribution is 2.12. The van der Waals surface area contributed by atoms with E-state index < -0.39 is 5.76 Å². The maximum absolute atomic E-state index is 10.7. The van der Waals surface area contributed by atoms with Crippen LogP contribution in [0.4, 0.5) is 5.82 Å². The molecule has 0 aliphatic carbocycles. The summed E-state index contributed by atoms with van der Waals surface area (Å²) < 4.78 is 4.69. The summed E-state index contributed by atoms with van der Waals surface area (Å²) in [6.07, 6.45) is 0. The van der Waals surface area contributed by atoms with Crippen LogP contribution in [0.1, 0.15) is 5.82 Å². The van der Waals surface area contributed by atoms with Crippen molar-refractivity contribution in [1.29, 1.82) is 0 Å². The first kappa shape index (κ1) is 6.84. The molecule has 0 spiro atoms. The summed E-state index contributed by atoms with van der Waals surface area (Å²) in [6.45, 7) is 1.67. The van der Waals surface area contributed by atoms with Gasteiger partial charge in [-0.2, -0.15) is 4.98 Å². The number of hydrogen-bond acceptors (Lipinski definition) is 5. The van der Waals surface area contributed by atoms with Gasteiger partial charge in [0.05, 0.1) is 0 Å². The van der Waals surface area contributed by atoms with Gasteiger partial charge < -0.3 is 10.2 Å². The molecule has 2 rings (SSSR count). The molecular formula is C6H6N4O2. The fourth-order valence-electron chi connectivity index (χ4n) is 0.974. The van der Waals surface area contributed by atoms with Crippen LogP contribution in [0.3, 0.4) is 0 Å². The first-order valence-corrected chi connectivity index (χ1v) is 3.30. The number of nitrogens with two attached hydrogens (primary N) is 1. The first-order valence-electron chi connectivity index (χ1n) is 3.30. The Balaban J connectivity index is 2.97. The molecule has 3 N–H and O–H groups in total. The summed E-state index contributed by atoms with van der Waals surface area (Å²) in [4.78, 5) is 20.8. The van der Waals surface area contributed by atoms with Crippen LogP contribution in [-0.4, -0.2) is 15.0 Å². The molecule has 0 saturated heterocycles. The zero-order valence-corrected chi connectivity index (χ0v) is 6.29. The van der Waals surface area contributed by atoms with Gasteiger partial charge >= 0.3 is 5.76 Å². The molecular weight excluding hydrogens is 160 g/mol. The van der Waals surface area contributed by atoms with Crippen molar-refractivity contribution in [3.8, 4) is 0 Å². The Labute approximate surface area is 66.4 Å². The normalized spacial score (nSPS) is 10.8. The molecule has 2 aromatic rings. The Morgan fingerprint density at radius 3 is 3.00 bits per heavy atom. The van der Waals surface area contributed by atoms with Crippen molar-refractivity contribution in [2.75, 3.05) is 5.73 Å². The van der Waals surface area contributed by atoms with Crippen LogP contribution < -0.4 is 11.5 Å². The Morgan fingerprint density at radius 2 is 2.25 bits per heavy atom. The van der Waals surface area contributed by atoms with Crippen LogP contribution in [0, 0.1) is 6.92 Å². The number of rotatable bonds is 0. The molecule has 0 atom stereocenters. The lowest BCUT2D eigenvalue weighted by atomic mass is 10.5. The number of H-pyrrole nitrogens is 1. The zero-order chi connectivity index (χ0) is 8.72. The maximum atomic E-state index is 10.7. The standard InChI is InChI=1S/C6H6N4O2/c1-2-8-4(7)3-5(9-2)12-6(11)10-3/h1H3,(H,10,11)(H2,7,8,9). The van der Waals surface area contributed by atoms with Crippen molar-refractivity contribution >= 4 is 17.0 Å². The van der Waals surface area contributed by atoms with E-state index in [1.165, 1.54) is 0 Å². The van der Waals surface area contributed by atoms with Gasteiger partial charge in [0.2, 0.25) is 0 Å². The lowest BCUT2D eigenvalue weighted by Gasteiger charge is -1.93. The van der Waals surface area contributed by atoms with E-state index in [-0.39, 0.29) is 11.5 Å². The van der Waals surface area contributed by atoms with Crippen molar-refractivity contribution in [3.05, 3.63) is 16.4 Å². The number of nitrogens with one attached hydrogen (secondary N) is 1. The minimum atomic E-state index is -0.573. The number of nitrogen functional groups attached to an aromatic ring is 1. The topological polar surface area (TPSA) is 97.8 Å². The average Bonchev–Trinajstić information content (AvgIpc) is 2.29. The van der Waals surface area contributed by atoms with Crippen LogP contribution in [-0.2, 0) is 0 Å². The average molecular weight is 166 g/mol. The van der Waals surface area contributed by atoms with E-state index in [1.54, 1.807) is 6.92 Å². The number of nitrogens with zero attached hydrogens (tertiary/aromatic N) is 2. The van der Waals surface area contributed by atoms with Gasteiger partial charge in [-0.3, -0.25) is 4.98 Å². The lowest BCUT2D eigenvalue weighted by Crippen LogP contribution is -1.97. The van der Waals surface area contributed by atoms with Crippen molar-refractivity contribution in [2.45, 2.75) is 6.92 Å². The molecule has 2 heterocycles. The van der Waals surface area contributed by atoms with E-state index in [4.69, 9.17) is 5.73 Å². The third-order valence-corrected chi connectivity index (χ3v) is 1.43. The molecule has 0 aliphatic rings. The molecule has 6 nitrogen and oxygen atoms in total. The largest absolute Gasteiger partial charge is 0.418 e. The first-order chi connectivity index (χ1) is 5.66. The van der Waals surface area contributed by atoms with Crippen molar-refractivity contribution in [1.82, 2.24) is 15.0 Å². The van der Waals surface area contributed by atoms with E-state index >= 15 is 0 Å². The Bertz CT molecular complexity index is 484. The lowest BCUT2D eigenvalue weighted by molar-refractivity contribution is 0.544. The van der Waals surface area contributed by atoms with Crippen molar-refractivity contribution in [3.63, 3.8) is 0 Å². The fourth-order valence-corrected chi connectivity index (χ4v) is 0.974. The minimum absolute atomic E-state index is 0.199. The van der Waals surface area contributed by atoms with Gasteiger partial charge in [-0.1, -0.05) is 0 Å². The molecule has 2 aromatic heterocycles. The van der Waals surface area contributed by atoms with Gasteiger partial charge in [0, 0.05) is 0 Å². The Kier molecular flexibility index (Phi) is 1.18. The predicted octanol–water partition coefficient (Wildman–Crippen LogP) is -0.198. The van der Waals surface area contributed by atoms with Crippen molar-refractivity contribution in [2.24, 2.45) is 0 Å². The van der Waals surface area contributed by atoms with Gasteiger partial charge in [-0.25, -0.2) is 9.78 Å². The SMILES string of the molecule is Cc1nc(N)c2[nH]c(=O)oc2n1. The Hall–Kier alpha value is -1.85. The molecule has 6 heteroatoms. The van der Waals surface area contributed by atoms with Crippen LogP contribution in [0.5, 0.6) is 0 Å².